The molecule has 0 aromatic carbocycles. The van der Waals surface area contributed by atoms with Gasteiger partial charge >= 0.3 is 5.97 Å². The average molecular weight is 406 g/mol. The molecule has 2 atom stereocenters. The third-order valence-corrected chi connectivity index (χ3v) is 5.37. The number of amides is 2. The Bertz CT molecular complexity index is 811. The first-order chi connectivity index (χ1) is 11.9. The number of aliphatic carboxylic acids is 1. The summed E-state index contributed by atoms with van der Waals surface area (Å²) in [6.07, 6.45) is 1.47. The van der Waals surface area contributed by atoms with Crippen molar-refractivity contribution in [3.05, 3.63) is 22.8 Å². The van der Waals surface area contributed by atoms with Crippen LogP contribution in [0.3, 0.4) is 0 Å². The molecule has 133 valence electrons. The van der Waals surface area contributed by atoms with Crippen molar-refractivity contribution in [1.82, 2.24) is 15.2 Å². The van der Waals surface area contributed by atoms with Crippen LogP contribution in [0, 0.1) is 0 Å². The minimum Gasteiger partial charge on any atom is -0.477 e. The smallest absolute Gasteiger partial charge is 0.352 e. The Morgan fingerprint density at radius 1 is 1.54 bits per heavy atom. The number of thioether (sulfide) groups is 1. The largest absolute Gasteiger partial charge is 0.477 e. The Kier molecular flexibility index (Phi) is 6.69. The number of carbonyl (C=O) groups is 3. The number of carboxylic acid groups (broad SMARTS) is 1. The van der Waals surface area contributed by atoms with Gasteiger partial charge in [-0.05, 0) is 6.08 Å². The number of fused-ring (bicyclic) bond motifs is 1. The normalized spacial score (nSPS) is 21.7. The van der Waals surface area contributed by atoms with Crippen molar-refractivity contribution in [2.75, 3.05) is 18.6 Å². The van der Waals surface area contributed by atoms with Crippen LogP contribution in [0.5, 0.6) is 0 Å². The second-order valence-corrected chi connectivity index (χ2v) is 7.01. The number of nitrogens with zero attached hydrogens (tertiary/aromatic N) is 3. The van der Waals surface area contributed by atoms with E-state index in [9.17, 15) is 14.4 Å². The summed E-state index contributed by atoms with van der Waals surface area (Å²) in [5.41, 5.74) is 5.60. The maximum atomic E-state index is 12.5. The van der Waals surface area contributed by atoms with E-state index < -0.39 is 29.2 Å². The van der Waals surface area contributed by atoms with E-state index in [2.05, 4.69) is 20.3 Å². The standard InChI is InChI=1S/C13H13N5O5S2.Na/c1-23-17-7(5-4-25-13(14)15-5)9(19)16-8-10(20)18-6(12(21)22)2-3-24-11(8)18;/h2,4,8,11H,3H2,1H3,(H2,14,15)(H,16,19)(H,21,22);/b17-7-;/t8-,11-;/m0./s1. The Balaban J connectivity index is 0.00000243. The minimum absolute atomic E-state index is 0. The van der Waals surface area contributed by atoms with Gasteiger partial charge in [0.05, 0.1) is 0 Å². The predicted molar refractivity (Wildman–Crippen MR) is 96.6 cm³/mol. The summed E-state index contributed by atoms with van der Waals surface area (Å²) in [7, 11) is 1.28. The molecular formula is C13H13N5NaO5S2. The maximum Gasteiger partial charge on any atom is 0.352 e. The quantitative estimate of drug-likeness (QED) is 0.246. The number of hydrogen-bond donors (Lipinski definition) is 3. The zero-order chi connectivity index (χ0) is 18.1. The van der Waals surface area contributed by atoms with Gasteiger partial charge in [-0.1, -0.05) is 5.16 Å². The van der Waals surface area contributed by atoms with Gasteiger partial charge in [0, 0.05) is 40.7 Å². The van der Waals surface area contributed by atoms with Gasteiger partial charge in [-0.25, -0.2) is 9.78 Å². The number of thiazole rings is 1. The number of hydrogen-bond acceptors (Lipinski definition) is 9. The van der Waals surface area contributed by atoms with Gasteiger partial charge in [0.25, 0.3) is 11.8 Å². The first-order valence-electron chi connectivity index (χ1n) is 6.95. The molecule has 10 nitrogen and oxygen atoms in total. The van der Waals surface area contributed by atoms with E-state index in [-0.39, 0.29) is 51.8 Å². The topological polar surface area (TPSA) is 147 Å². The second kappa shape index (κ2) is 8.39. The molecule has 0 spiro atoms. The minimum atomic E-state index is -1.18. The van der Waals surface area contributed by atoms with Crippen LogP contribution in [0.2, 0.25) is 0 Å². The number of nitrogens with two attached hydrogens (primary N) is 1. The Morgan fingerprint density at radius 3 is 2.85 bits per heavy atom. The molecule has 0 bridgehead atoms. The van der Waals surface area contributed by atoms with E-state index in [0.29, 0.717) is 5.75 Å². The van der Waals surface area contributed by atoms with Crippen molar-refractivity contribution in [1.29, 1.82) is 0 Å². The van der Waals surface area contributed by atoms with E-state index in [0.717, 1.165) is 16.2 Å². The number of oxime groups is 1. The Labute approximate surface area is 178 Å². The predicted octanol–water partition coefficient (Wildman–Crippen LogP) is -0.937. The molecule has 1 aromatic heterocycles. The van der Waals surface area contributed by atoms with Gasteiger partial charge in [-0.3, -0.25) is 14.5 Å². The van der Waals surface area contributed by atoms with Crippen LogP contribution in [0.1, 0.15) is 5.69 Å². The molecule has 2 amide bonds. The fourth-order valence-electron chi connectivity index (χ4n) is 2.44. The van der Waals surface area contributed by atoms with Crippen LogP contribution < -0.4 is 11.1 Å². The summed E-state index contributed by atoms with van der Waals surface area (Å²) < 4.78 is 0. The molecule has 1 radical (unpaired) electrons. The van der Waals surface area contributed by atoms with E-state index in [1.807, 2.05) is 0 Å². The van der Waals surface area contributed by atoms with Crippen molar-refractivity contribution in [2.24, 2.45) is 5.16 Å². The molecule has 2 aliphatic heterocycles. The fraction of sp³-hybridized carbons (Fsp3) is 0.308. The van der Waals surface area contributed by atoms with Gasteiger partial charge in [0.2, 0.25) is 0 Å². The van der Waals surface area contributed by atoms with Crippen molar-refractivity contribution in [3.63, 3.8) is 0 Å². The first kappa shape index (κ1) is 20.7. The summed E-state index contributed by atoms with van der Waals surface area (Å²) in [6.45, 7) is 0. The molecule has 1 saturated heterocycles. The Morgan fingerprint density at radius 2 is 2.27 bits per heavy atom. The number of β-lactam (4-membered cyclic amide) rings is 1. The summed E-state index contributed by atoms with van der Waals surface area (Å²) in [6, 6.07) is -0.849. The summed E-state index contributed by atoms with van der Waals surface area (Å²) in [5.74, 6) is -1.89. The number of nitrogens with one attached hydrogen (secondary N) is 1. The van der Waals surface area contributed by atoms with Crippen LogP contribution >= 0.6 is 23.1 Å². The molecule has 0 saturated carbocycles. The Hall–Kier alpha value is -1.60. The van der Waals surface area contributed by atoms with E-state index in [4.69, 9.17) is 10.8 Å². The van der Waals surface area contributed by atoms with E-state index >= 15 is 0 Å². The monoisotopic (exact) mass is 406 g/mol. The molecule has 1 aromatic rings. The summed E-state index contributed by atoms with van der Waals surface area (Å²) >= 11 is 2.49. The van der Waals surface area contributed by atoms with Crippen molar-refractivity contribution in [2.45, 2.75) is 11.4 Å². The van der Waals surface area contributed by atoms with Crippen LogP contribution in [0.15, 0.2) is 22.3 Å². The molecule has 0 aliphatic carbocycles. The average Bonchev–Trinajstić information content (AvgIpc) is 3.02. The zero-order valence-electron chi connectivity index (χ0n) is 13.8. The fourth-order valence-corrected chi connectivity index (χ4v) is 4.18. The molecule has 13 heteroatoms. The van der Waals surface area contributed by atoms with Crippen LogP contribution in [-0.2, 0) is 19.2 Å². The molecule has 26 heavy (non-hydrogen) atoms. The third-order valence-electron chi connectivity index (χ3n) is 3.51. The molecule has 3 rings (SSSR count). The van der Waals surface area contributed by atoms with Crippen LogP contribution in [-0.4, -0.2) is 92.3 Å². The summed E-state index contributed by atoms with van der Waals surface area (Å²) in [5, 5.41) is 16.7. The molecule has 4 N–H and O–H groups in total. The van der Waals surface area contributed by atoms with E-state index in [1.54, 1.807) is 5.38 Å². The van der Waals surface area contributed by atoms with Crippen LogP contribution in [0.4, 0.5) is 5.13 Å². The number of aromatic nitrogens is 1. The third kappa shape index (κ3) is 3.74. The van der Waals surface area contributed by atoms with Crippen LogP contribution in [0.25, 0.3) is 0 Å². The van der Waals surface area contributed by atoms with Crippen molar-refractivity contribution >= 4 is 81.3 Å². The number of rotatable bonds is 5. The first-order valence-corrected chi connectivity index (χ1v) is 8.88. The van der Waals surface area contributed by atoms with Crippen molar-refractivity contribution < 1.29 is 24.3 Å². The molecule has 3 heterocycles. The summed E-state index contributed by atoms with van der Waals surface area (Å²) in [4.78, 5) is 45.7. The molecule has 2 aliphatic rings. The molecule has 0 unspecified atom stereocenters. The van der Waals surface area contributed by atoms with Gasteiger partial charge in [0.15, 0.2) is 10.8 Å². The zero-order valence-corrected chi connectivity index (χ0v) is 17.5. The maximum absolute atomic E-state index is 12.5. The van der Waals surface area contributed by atoms with Gasteiger partial charge in [-0.15, -0.1) is 23.1 Å². The second-order valence-electron chi connectivity index (χ2n) is 4.97. The van der Waals surface area contributed by atoms with Gasteiger partial charge < -0.3 is 21.0 Å². The number of anilines is 1. The number of nitrogen functional groups attached to an aromatic ring is 1. The van der Waals surface area contributed by atoms with Crippen molar-refractivity contribution in [3.8, 4) is 0 Å². The molecule has 1 fully saturated rings. The number of carbonyl (C=O) groups excluding carboxylic acids is 2. The SMILES string of the molecule is CO/N=C(\C(=O)N[C@H]1C(=O)N2C(C(=O)O)=CCS[C@@H]12)c1csc(N)n1.[Na]. The van der Waals surface area contributed by atoms with Gasteiger partial charge in [0.1, 0.15) is 29.9 Å². The van der Waals surface area contributed by atoms with E-state index in [1.165, 1.54) is 24.9 Å². The number of carboxylic acids is 1. The van der Waals surface area contributed by atoms with Gasteiger partial charge in [-0.2, -0.15) is 0 Å². The molecular weight excluding hydrogens is 393 g/mol.